The molecule has 0 saturated carbocycles. The number of fused-ring (bicyclic) bond motifs is 1. The summed E-state index contributed by atoms with van der Waals surface area (Å²) in [5.41, 5.74) is 2.68. The molecule has 3 amide bonds. The largest absolute Gasteiger partial charge is 0.497 e. The number of ether oxygens (including phenoxy) is 2. The average molecular weight is 546 g/mol. The molecular formula is C31H32FN3O5. The molecular weight excluding hydrogens is 513 g/mol. The van der Waals surface area contributed by atoms with Gasteiger partial charge in [0.25, 0.3) is 5.91 Å². The van der Waals surface area contributed by atoms with Crippen molar-refractivity contribution >= 4 is 17.9 Å². The second-order valence-electron chi connectivity index (χ2n) is 9.85. The quantitative estimate of drug-likeness (QED) is 0.452. The highest BCUT2D eigenvalue weighted by Gasteiger charge is 2.46. The fourth-order valence-electron chi connectivity index (χ4n) is 5.51. The number of benzene rings is 3. The van der Waals surface area contributed by atoms with Crippen LogP contribution in [0.3, 0.4) is 0 Å². The molecule has 208 valence electrons. The first-order valence-electron chi connectivity index (χ1n) is 13.4. The van der Waals surface area contributed by atoms with Crippen molar-refractivity contribution in [2.45, 2.75) is 25.4 Å². The van der Waals surface area contributed by atoms with Crippen LogP contribution < -0.4 is 4.74 Å². The summed E-state index contributed by atoms with van der Waals surface area (Å²) in [4.78, 5) is 45.6. The average Bonchev–Trinajstić information content (AvgIpc) is 2.99. The Morgan fingerprint density at radius 1 is 0.900 bits per heavy atom. The van der Waals surface area contributed by atoms with Gasteiger partial charge in [-0.15, -0.1) is 0 Å². The van der Waals surface area contributed by atoms with Crippen LogP contribution in [-0.2, 0) is 16.1 Å². The third kappa shape index (κ3) is 5.36. The SMILES string of the molecule is CCOC(=O)N1CCN(C(=O)C2c3ccccc3C(=O)N(Cc3ccc(F)cc3)C2c2ccc(OC)cc2)CC1. The first kappa shape index (κ1) is 27.2. The smallest absolute Gasteiger partial charge is 0.409 e. The number of amides is 3. The molecule has 2 heterocycles. The van der Waals surface area contributed by atoms with E-state index in [0.29, 0.717) is 43.1 Å². The van der Waals surface area contributed by atoms with Crippen LogP contribution in [0.1, 0.15) is 45.9 Å². The van der Waals surface area contributed by atoms with Crippen molar-refractivity contribution in [1.29, 1.82) is 0 Å². The lowest BCUT2D eigenvalue weighted by molar-refractivity contribution is -0.136. The van der Waals surface area contributed by atoms with Crippen molar-refractivity contribution in [3.8, 4) is 5.75 Å². The van der Waals surface area contributed by atoms with Gasteiger partial charge in [-0.3, -0.25) is 9.59 Å². The van der Waals surface area contributed by atoms with E-state index in [4.69, 9.17) is 9.47 Å². The predicted molar refractivity (Wildman–Crippen MR) is 146 cm³/mol. The summed E-state index contributed by atoms with van der Waals surface area (Å²) in [7, 11) is 1.58. The molecule has 40 heavy (non-hydrogen) atoms. The van der Waals surface area contributed by atoms with Crippen LogP contribution in [0.15, 0.2) is 72.8 Å². The minimum absolute atomic E-state index is 0.117. The van der Waals surface area contributed by atoms with Crippen molar-refractivity contribution in [3.63, 3.8) is 0 Å². The second kappa shape index (κ2) is 11.8. The maximum atomic E-state index is 14.4. The Kier molecular flexibility index (Phi) is 8.00. The molecule has 0 spiro atoms. The van der Waals surface area contributed by atoms with Crippen LogP contribution in [0, 0.1) is 5.82 Å². The zero-order valence-corrected chi connectivity index (χ0v) is 22.6. The molecule has 0 aliphatic carbocycles. The number of nitrogens with zero attached hydrogens (tertiary/aromatic N) is 3. The van der Waals surface area contributed by atoms with Crippen molar-refractivity contribution < 1.29 is 28.2 Å². The van der Waals surface area contributed by atoms with Gasteiger partial charge in [0.2, 0.25) is 5.91 Å². The number of halogens is 1. The van der Waals surface area contributed by atoms with Gasteiger partial charge >= 0.3 is 6.09 Å². The summed E-state index contributed by atoms with van der Waals surface area (Å²) >= 11 is 0. The first-order chi connectivity index (χ1) is 19.4. The van der Waals surface area contributed by atoms with Crippen molar-refractivity contribution in [2.75, 3.05) is 39.9 Å². The van der Waals surface area contributed by atoms with Crippen LogP contribution in [0.4, 0.5) is 9.18 Å². The minimum atomic E-state index is -0.683. The molecule has 1 saturated heterocycles. The number of piperazine rings is 1. The predicted octanol–water partition coefficient (Wildman–Crippen LogP) is 4.62. The lowest BCUT2D eigenvalue weighted by Gasteiger charge is -2.44. The van der Waals surface area contributed by atoms with E-state index in [-0.39, 0.29) is 36.9 Å². The molecule has 2 aliphatic rings. The van der Waals surface area contributed by atoms with Gasteiger partial charge in [0.15, 0.2) is 0 Å². The summed E-state index contributed by atoms with van der Waals surface area (Å²) in [6.45, 7) is 3.70. The van der Waals surface area contributed by atoms with Gasteiger partial charge in [0.1, 0.15) is 11.6 Å². The highest BCUT2D eigenvalue weighted by molar-refractivity contribution is 6.01. The number of hydrogen-bond donors (Lipinski definition) is 0. The zero-order valence-electron chi connectivity index (χ0n) is 22.6. The minimum Gasteiger partial charge on any atom is -0.497 e. The Labute approximate surface area is 232 Å². The van der Waals surface area contributed by atoms with Gasteiger partial charge in [0, 0.05) is 38.3 Å². The normalized spacial score (nSPS) is 18.8. The van der Waals surface area contributed by atoms with Gasteiger partial charge in [-0.25, -0.2) is 9.18 Å². The summed E-state index contributed by atoms with van der Waals surface area (Å²) in [5, 5.41) is 0. The van der Waals surface area contributed by atoms with Crippen LogP contribution in [0.25, 0.3) is 0 Å². The molecule has 0 N–H and O–H groups in total. The maximum absolute atomic E-state index is 14.4. The Bertz CT molecular complexity index is 1370. The lowest BCUT2D eigenvalue weighted by atomic mass is 9.78. The van der Waals surface area contributed by atoms with E-state index in [1.165, 1.54) is 12.1 Å². The molecule has 2 aliphatic heterocycles. The highest BCUT2D eigenvalue weighted by atomic mass is 19.1. The number of carbonyl (C=O) groups excluding carboxylic acids is 3. The number of hydrogen-bond acceptors (Lipinski definition) is 5. The molecule has 3 aromatic rings. The summed E-state index contributed by atoms with van der Waals surface area (Å²) in [6.07, 6.45) is -0.384. The molecule has 0 radical (unpaired) electrons. The molecule has 8 nitrogen and oxygen atoms in total. The molecule has 1 fully saturated rings. The third-order valence-corrected chi connectivity index (χ3v) is 7.55. The standard InChI is InChI=1S/C31H32FN3O5/c1-3-40-31(38)34-18-16-33(17-19-34)30(37)27-25-6-4-5-7-26(25)29(36)35(20-21-8-12-23(32)13-9-21)28(27)22-10-14-24(39-2)15-11-22/h4-15,27-28H,3,16-20H2,1-2H3. The fraction of sp³-hybridized carbons (Fsp3) is 0.323. The van der Waals surface area contributed by atoms with Gasteiger partial charge in [0.05, 0.1) is 25.7 Å². The van der Waals surface area contributed by atoms with E-state index in [2.05, 4.69) is 0 Å². The molecule has 2 atom stereocenters. The molecule has 3 aromatic carbocycles. The monoisotopic (exact) mass is 545 g/mol. The number of carbonyl (C=O) groups is 3. The molecule has 5 rings (SSSR count). The Balaban J connectivity index is 1.54. The van der Waals surface area contributed by atoms with Crippen LogP contribution >= 0.6 is 0 Å². The zero-order chi connectivity index (χ0) is 28.2. The topological polar surface area (TPSA) is 79.4 Å². The summed E-state index contributed by atoms with van der Waals surface area (Å²) < 4.78 is 24.2. The Hall–Kier alpha value is -4.40. The summed E-state index contributed by atoms with van der Waals surface area (Å²) in [5.74, 6) is -0.697. The third-order valence-electron chi connectivity index (χ3n) is 7.55. The highest BCUT2D eigenvalue weighted by Crippen LogP contribution is 2.45. The van der Waals surface area contributed by atoms with E-state index in [0.717, 1.165) is 11.1 Å². The molecule has 0 aromatic heterocycles. The van der Waals surface area contributed by atoms with E-state index in [9.17, 15) is 18.8 Å². The molecule has 0 bridgehead atoms. The van der Waals surface area contributed by atoms with Crippen LogP contribution in [0.5, 0.6) is 5.75 Å². The van der Waals surface area contributed by atoms with E-state index in [1.54, 1.807) is 53.0 Å². The van der Waals surface area contributed by atoms with Gasteiger partial charge in [-0.05, 0) is 53.9 Å². The van der Waals surface area contributed by atoms with Crippen LogP contribution in [-0.4, -0.2) is 72.5 Å². The van der Waals surface area contributed by atoms with E-state index < -0.39 is 12.0 Å². The van der Waals surface area contributed by atoms with Gasteiger partial charge < -0.3 is 24.2 Å². The molecule has 2 unspecified atom stereocenters. The van der Waals surface area contributed by atoms with Crippen molar-refractivity contribution in [2.24, 2.45) is 0 Å². The first-order valence-corrected chi connectivity index (χ1v) is 13.4. The van der Waals surface area contributed by atoms with E-state index >= 15 is 0 Å². The maximum Gasteiger partial charge on any atom is 0.409 e. The van der Waals surface area contributed by atoms with Gasteiger partial charge in [-0.2, -0.15) is 0 Å². The van der Waals surface area contributed by atoms with E-state index in [1.807, 2.05) is 36.4 Å². The number of methoxy groups -OCH3 is 1. The van der Waals surface area contributed by atoms with Crippen molar-refractivity contribution in [3.05, 3.63) is 101 Å². The Morgan fingerprint density at radius 3 is 2.20 bits per heavy atom. The molecule has 9 heteroatoms. The van der Waals surface area contributed by atoms with Crippen LogP contribution in [0.2, 0.25) is 0 Å². The Morgan fingerprint density at radius 2 is 1.55 bits per heavy atom. The summed E-state index contributed by atoms with van der Waals surface area (Å²) in [6, 6.07) is 20.0. The fourth-order valence-corrected chi connectivity index (χ4v) is 5.51. The number of rotatable bonds is 6. The lowest BCUT2D eigenvalue weighted by Crippen LogP contribution is -2.54. The second-order valence-corrected chi connectivity index (χ2v) is 9.85. The van der Waals surface area contributed by atoms with Crippen molar-refractivity contribution in [1.82, 2.24) is 14.7 Å². The van der Waals surface area contributed by atoms with Gasteiger partial charge in [-0.1, -0.05) is 42.5 Å².